The summed E-state index contributed by atoms with van der Waals surface area (Å²) >= 11 is 0. The van der Waals surface area contributed by atoms with E-state index in [0.29, 0.717) is 5.39 Å². The Kier molecular flexibility index (Phi) is 3.17. The number of carbonyl (C=O) groups is 1. The van der Waals surface area contributed by atoms with Gasteiger partial charge in [-0.1, -0.05) is 48.5 Å². The van der Waals surface area contributed by atoms with Crippen molar-refractivity contribution in [2.24, 2.45) is 0 Å². The summed E-state index contributed by atoms with van der Waals surface area (Å²) in [6, 6.07) is 17.4. The molecule has 0 fully saturated rings. The van der Waals surface area contributed by atoms with E-state index in [4.69, 9.17) is 0 Å². The van der Waals surface area contributed by atoms with Gasteiger partial charge in [0.15, 0.2) is 0 Å². The second kappa shape index (κ2) is 5.07. The maximum atomic E-state index is 13.8. The summed E-state index contributed by atoms with van der Waals surface area (Å²) < 4.78 is 41.4. The summed E-state index contributed by atoms with van der Waals surface area (Å²) in [4.78, 5) is 13.7. The molecule has 0 saturated carbocycles. The number of rotatable bonds is 1. The van der Waals surface area contributed by atoms with Gasteiger partial charge < -0.3 is 5.11 Å². The number of para-hydroxylation sites is 1. The molecule has 126 valence electrons. The number of fused-ring (bicyclic) bond motifs is 3. The Labute approximate surface area is 140 Å². The van der Waals surface area contributed by atoms with Crippen LogP contribution >= 0.6 is 0 Å². The van der Waals surface area contributed by atoms with Gasteiger partial charge in [-0.05, 0) is 29.0 Å². The molecule has 1 heterocycles. The average Bonchev–Trinajstić information content (AvgIpc) is 2.84. The minimum atomic E-state index is -5.15. The van der Waals surface area contributed by atoms with E-state index in [-0.39, 0.29) is 16.8 Å². The van der Waals surface area contributed by atoms with E-state index in [1.165, 1.54) is 24.3 Å². The number of alkyl halides is 3. The lowest BCUT2D eigenvalue weighted by Crippen LogP contribution is -2.49. The summed E-state index contributed by atoms with van der Waals surface area (Å²) in [7, 11) is 0. The molecule has 0 saturated heterocycles. The largest absolute Gasteiger partial charge is 0.430 e. The van der Waals surface area contributed by atoms with E-state index in [1.54, 1.807) is 42.5 Å². The molecule has 1 aliphatic heterocycles. The van der Waals surface area contributed by atoms with Crippen LogP contribution in [0.2, 0.25) is 0 Å². The van der Waals surface area contributed by atoms with Gasteiger partial charge in [-0.25, -0.2) is 0 Å². The number of hydrogen-bond acceptors (Lipinski definition) is 2. The lowest BCUT2D eigenvalue weighted by Gasteiger charge is -2.26. The highest BCUT2D eigenvalue weighted by molar-refractivity contribution is 6.16. The Morgan fingerprint density at radius 3 is 2.20 bits per heavy atom. The van der Waals surface area contributed by atoms with Crippen molar-refractivity contribution in [1.29, 1.82) is 0 Å². The maximum absolute atomic E-state index is 13.8. The Balaban J connectivity index is 2.10. The van der Waals surface area contributed by atoms with Crippen molar-refractivity contribution in [2.45, 2.75) is 11.8 Å². The van der Waals surface area contributed by atoms with Crippen LogP contribution in [0.25, 0.3) is 10.8 Å². The van der Waals surface area contributed by atoms with Gasteiger partial charge in [0.2, 0.25) is 0 Å². The van der Waals surface area contributed by atoms with Crippen molar-refractivity contribution in [1.82, 2.24) is 0 Å². The van der Waals surface area contributed by atoms with Gasteiger partial charge in [0.05, 0.1) is 5.69 Å². The van der Waals surface area contributed by atoms with Crippen LogP contribution in [0.3, 0.4) is 0 Å². The van der Waals surface area contributed by atoms with Gasteiger partial charge >= 0.3 is 6.18 Å². The topological polar surface area (TPSA) is 40.5 Å². The summed E-state index contributed by atoms with van der Waals surface area (Å²) in [6.45, 7) is 0. The van der Waals surface area contributed by atoms with Crippen molar-refractivity contribution in [3.8, 4) is 0 Å². The Morgan fingerprint density at radius 2 is 1.52 bits per heavy atom. The molecule has 3 aromatic carbocycles. The molecule has 3 nitrogen and oxygen atoms in total. The van der Waals surface area contributed by atoms with Crippen LogP contribution in [0.15, 0.2) is 66.7 Å². The molecule has 4 rings (SSSR count). The third-order valence-corrected chi connectivity index (χ3v) is 4.45. The zero-order valence-corrected chi connectivity index (χ0v) is 12.8. The predicted octanol–water partition coefficient (Wildman–Crippen LogP) is 4.27. The SMILES string of the molecule is O=C1N(c2ccccc2)c2ccc3ccccc3c2C1(O)C(F)(F)F. The van der Waals surface area contributed by atoms with Gasteiger partial charge in [-0.3, -0.25) is 9.69 Å². The van der Waals surface area contributed by atoms with E-state index in [1.807, 2.05) is 0 Å². The highest BCUT2D eigenvalue weighted by atomic mass is 19.4. The van der Waals surface area contributed by atoms with Crippen LogP contribution in [0.1, 0.15) is 5.56 Å². The highest BCUT2D eigenvalue weighted by Crippen LogP contribution is 2.53. The summed E-state index contributed by atoms with van der Waals surface area (Å²) in [5, 5.41) is 11.3. The fourth-order valence-electron chi connectivity index (χ4n) is 3.30. The van der Waals surface area contributed by atoms with Crippen molar-refractivity contribution in [3.05, 3.63) is 72.3 Å². The number of amides is 1. The smallest absolute Gasteiger partial charge is 0.368 e. The molecule has 0 aromatic heterocycles. The molecule has 6 heteroatoms. The molecular formula is C19H12F3NO2. The minimum Gasteiger partial charge on any atom is -0.368 e. The normalized spacial score (nSPS) is 20.2. The van der Waals surface area contributed by atoms with Crippen molar-refractivity contribution < 1.29 is 23.1 Å². The first-order valence-corrected chi connectivity index (χ1v) is 7.56. The number of halogens is 3. The van der Waals surface area contributed by atoms with Crippen molar-refractivity contribution in [3.63, 3.8) is 0 Å². The van der Waals surface area contributed by atoms with E-state index in [2.05, 4.69) is 0 Å². The molecule has 0 bridgehead atoms. The van der Waals surface area contributed by atoms with Gasteiger partial charge in [0.25, 0.3) is 11.5 Å². The molecule has 1 unspecified atom stereocenters. The van der Waals surface area contributed by atoms with Crippen LogP contribution in [-0.4, -0.2) is 17.2 Å². The van der Waals surface area contributed by atoms with E-state index in [0.717, 1.165) is 4.90 Å². The number of benzene rings is 3. The Morgan fingerprint density at radius 1 is 0.880 bits per heavy atom. The van der Waals surface area contributed by atoms with Crippen molar-refractivity contribution >= 4 is 28.1 Å². The molecule has 1 N–H and O–H groups in total. The number of hydrogen-bond donors (Lipinski definition) is 1. The standard InChI is InChI=1S/C19H12F3NO2/c20-19(21,22)18(25)16-14-9-5-4-6-12(14)10-11-15(16)23(17(18)24)13-7-2-1-3-8-13/h1-11,25H. The molecule has 1 amide bonds. The minimum absolute atomic E-state index is 0.0368. The van der Waals surface area contributed by atoms with Crippen LogP contribution < -0.4 is 4.90 Å². The zero-order chi connectivity index (χ0) is 17.8. The first kappa shape index (κ1) is 15.7. The molecule has 0 spiro atoms. The maximum Gasteiger partial charge on any atom is 0.430 e. The predicted molar refractivity (Wildman–Crippen MR) is 87.5 cm³/mol. The van der Waals surface area contributed by atoms with Gasteiger partial charge in [0.1, 0.15) is 0 Å². The fourth-order valence-corrected chi connectivity index (χ4v) is 3.30. The highest BCUT2D eigenvalue weighted by Gasteiger charge is 2.67. The van der Waals surface area contributed by atoms with Gasteiger partial charge in [-0.15, -0.1) is 0 Å². The molecule has 1 aliphatic rings. The van der Waals surface area contributed by atoms with Crippen molar-refractivity contribution in [2.75, 3.05) is 4.90 Å². The zero-order valence-electron chi connectivity index (χ0n) is 12.8. The fraction of sp³-hybridized carbons (Fsp3) is 0.105. The number of aliphatic hydroxyl groups is 1. The molecule has 0 radical (unpaired) electrons. The molecule has 1 atom stereocenters. The molecule has 25 heavy (non-hydrogen) atoms. The first-order valence-electron chi connectivity index (χ1n) is 7.56. The third-order valence-electron chi connectivity index (χ3n) is 4.45. The first-order chi connectivity index (χ1) is 11.9. The van der Waals surface area contributed by atoms with Crippen LogP contribution in [-0.2, 0) is 10.4 Å². The van der Waals surface area contributed by atoms with Gasteiger partial charge in [0, 0.05) is 11.3 Å². The second-order valence-electron chi connectivity index (χ2n) is 5.87. The quantitative estimate of drug-likeness (QED) is 0.717. The lowest BCUT2D eigenvalue weighted by molar-refractivity contribution is -0.252. The monoisotopic (exact) mass is 343 g/mol. The van der Waals surface area contributed by atoms with Crippen LogP contribution in [0, 0.1) is 0 Å². The Hall–Kier alpha value is -2.86. The second-order valence-corrected chi connectivity index (χ2v) is 5.87. The van der Waals surface area contributed by atoms with E-state index < -0.39 is 23.2 Å². The summed E-state index contributed by atoms with van der Waals surface area (Å²) in [5.41, 5.74) is -3.70. The molecular weight excluding hydrogens is 331 g/mol. The average molecular weight is 343 g/mol. The van der Waals surface area contributed by atoms with Crippen LogP contribution in [0.5, 0.6) is 0 Å². The summed E-state index contributed by atoms with van der Waals surface area (Å²) in [5.74, 6) is -1.42. The summed E-state index contributed by atoms with van der Waals surface area (Å²) in [6.07, 6.45) is -5.15. The molecule has 3 aromatic rings. The van der Waals surface area contributed by atoms with Gasteiger partial charge in [-0.2, -0.15) is 13.2 Å². The number of nitrogens with zero attached hydrogens (tertiary/aromatic N) is 1. The van der Waals surface area contributed by atoms with E-state index >= 15 is 0 Å². The number of anilines is 2. The Bertz CT molecular complexity index is 985. The number of carbonyl (C=O) groups excluding carboxylic acids is 1. The lowest BCUT2D eigenvalue weighted by atomic mass is 9.90. The molecule has 0 aliphatic carbocycles. The van der Waals surface area contributed by atoms with Crippen LogP contribution in [0.4, 0.5) is 24.5 Å². The third kappa shape index (κ3) is 2.01. The van der Waals surface area contributed by atoms with E-state index in [9.17, 15) is 23.1 Å².